The summed E-state index contributed by atoms with van der Waals surface area (Å²) in [6, 6.07) is 0.169. The molecule has 0 amide bonds. The first-order valence-corrected chi connectivity index (χ1v) is 10.7. The maximum Gasteiger partial charge on any atom is 0.0399 e. The first kappa shape index (κ1) is 23.3. The SMILES string of the molecule is CCCCCCCCCCCCCC[C@@H](C)[C@@H](C)[C@H](CC)N=[N+]=[N-]. The second kappa shape index (κ2) is 17.1. The van der Waals surface area contributed by atoms with E-state index in [4.69, 9.17) is 5.53 Å². The fraction of sp³-hybridized carbons (Fsp3) is 1.00. The molecule has 0 aliphatic carbocycles. The van der Waals surface area contributed by atoms with E-state index in [0.717, 1.165) is 6.42 Å². The summed E-state index contributed by atoms with van der Waals surface area (Å²) >= 11 is 0. The van der Waals surface area contributed by atoms with Gasteiger partial charge in [-0.25, -0.2) is 0 Å². The standard InChI is InChI=1S/C21H43N3/c1-5-7-8-9-10-11-12-13-14-15-16-17-18-19(3)20(4)21(6-2)23-24-22/h19-21H,5-18H2,1-4H3/t19-,20-,21+/m1/s1. The van der Waals surface area contributed by atoms with Gasteiger partial charge < -0.3 is 0 Å². The Balaban J connectivity index is 3.47. The Kier molecular flexibility index (Phi) is 16.7. The van der Waals surface area contributed by atoms with Crippen LogP contribution in [0.5, 0.6) is 0 Å². The lowest BCUT2D eigenvalue weighted by molar-refractivity contribution is 0.295. The number of azide groups is 1. The Bertz CT molecular complexity index is 310. The molecule has 0 unspecified atom stereocenters. The summed E-state index contributed by atoms with van der Waals surface area (Å²) in [4.78, 5) is 3.00. The van der Waals surface area contributed by atoms with Crippen LogP contribution in [0.25, 0.3) is 10.4 Å². The molecule has 3 heteroatoms. The van der Waals surface area contributed by atoms with Crippen LogP contribution in [0.2, 0.25) is 0 Å². The van der Waals surface area contributed by atoms with Crippen LogP contribution in [0.1, 0.15) is 118 Å². The lowest BCUT2D eigenvalue weighted by Crippen LogP contribution is -2.21. The van der Waals surface area contributed by atoms with E-state index < -0.39 is 0 Å². The van der Waals surface area contributed by atoms with Gasteiger partial charge in [0.2, 0.25) is 0 Å². The van der Waals surface area contributed by atoms with Crippen LogP contribution in [0.4, 0.5) is 0 Å². The molecule has 0 spiro atoms. The highest BCUT2D eigenvalue weighted by Gasteiger charge is 2.19. The Hall–Kier alpha value is -0.690. The van der Waals surface area contributed by atoms with Crippen molar-refractivity contribution < 1.29 is 0 Å². The van der Waals surface area contributed by atoms with Gasteiger partial charge in [0.15, 0.2) is 0 Å². The van der Waals surface area contributed by atoms with Crippen molar-refractivity contribution in [1.29, 1.82) is 0 Å². The summed E-state index contributed by atoms with van der Waals surface area (Å²) in [6.45, 7) is 8.96. The second-order valence-electron chi connectivity index (χ2n) is 7.69. The van der Waals surface area contributed by atoms with Gasteiger partial charge in [-0.1, -0.05) is 116 Å². The molecule has 3 nitrogen and oxygen atoms in total. The van der Waals surface area contributed by atoms with Gasteiger partial charge in [-0.05, 0) is 23.8 Å². The molecule has 0 aromatic carbocycles. The van der Waals surface area contributed by atoms with Crippen molar-refractivity contribution in [2.24, 2.45) is 17.0 Å². The van der Waals surface area contributed by atoms with E-state index in [2.05, 4.69) is 37.7 Å². The maximum atomic E-state index is 8.65. The highest BCUT2D eigenvalue weighted by molar-refractivity contribution is 4.76. The molecule has 0 saturated heterocycles. The monoisotopic (exact) mass is 337 g/mol. The van der Waals surface area contributed by atoms with Crippen LogP contribution in [0, 0.1) is 11.8 Å². The summed E-state index contributed by atoms with van der Waals surface area (Å²) in [6.07, 6.45) is 19.1. The van der Waals surface area contributed by atoms with E-state index in [1.807, 2.05) is 0 Å². The minimum Gasteiger partial charge on any atom is -0.0903 e. The first-order chi connectivity index (χ1) is 11.7. The number of rotatable bonds is 17. The molecule has 0 fully saturated rings. The van der Waals surface area contributed by atoms with E-state index in [1.54, 1.807) is 0 Å². The largest absolute Gasteiger partial charge is 0.0903 e. The van der Waals surface area contributed by atoms with Crippen molar-refractivity contribution >= 4 is 0 Å². The summed E-state index contributed by atoms with van der Waals surface area (Å²) in [5, 5.41) is 3.95. The summed E-state index contributed by atoms with van der Waals surface area (Å²) in [5.74, 6) is 1.15. The Morgan fingerprint density at radius 3 is 1.62 bits per heavy atom. The molecular formula is C21H43N3. The molecule has 0 radical (unpaired) electrons. The third-order valence-corrected chi connectivity index (χ3v) is 5.64. The minimum atomic E-state index is 0.169. The zero-order valence-corrected chi connectivity index (χ0v) is 17.0. The molecule has 0 N–H and O–H groups in total. The number of hydrogen-bond acceptors (Lipinski definition) is 1. The fourth-order valence-corrected chi connectivity index (χ4v) is 3.57. The van der Waals surface area contributed by atoms with Crippen LogP contribution < -0.4 is 0 Å². The fourth-order valence-electron chi connectivity index (χ4n) is 3.57. The summed E-state index contributed by atoms with van der Waals surface area (Å²) in [5.41, 5.74) is 8.65. The highest BCUT2D eigenvalue weighted by atomic mass is 15.1. The van der Waals surface area contributed by atoms with Crippen LogP contribution >= 0.6 is 0 Å². The number of unbranched alkanes of at least 4 members (excludes halogenated alkanes) is 11. The average molecular weight is 338 g/mol. The molecule has 0 heterocycles. The van der Waals surface area contributed by atoms with Gasteiger partial charge in [0.25, 0.3) is 0 Å². The van der Waals surface area contributed by atoms with Crippen LogP contribution in [-0.2, 0) is 0 Å². The Morgan fingerprint density at radius 2 is 1.21 bits per heavy atom. The van der Waals surface area contributed by atoms with Crippen molar-refractivity contribution in [3.8, 4) is 0 Å². The normalized spacial score (nSPS) is 14.8. The van der Waals surface area contributed by atoms with Gasteiger partial charge in [0, 0.05) is 11.0 Å². The van der Waals surface area contributed by atoms with Gasteiger partial charge in [0.1, 0.15) is 0 Å². The zero-order chi connectivity index (χ0) is 18.0. The van der Waals surface area contributed by atoms with Gasteiger partial charge >= 0.3 is 0 Å². The predicted octanol–water partition coefficient (Wildman–Crippen LogP) is 8.44. The predicted molar refractivity (Wildman–Crippen MR) is 107 cm³/mol. The van der Waals surface area contributed by atoms with E-state index >= 15 is 0 Å². The topological polar surface area (TPSA) is 48.8 Å². The second-order valence-corrected chi connectivity index (χ2v) is 7.69. The zero-order valence-electron chi connectivity index (χ0n) is 17.0. The van der Waals surface area contributed by atoms with Crippen LogP contribution in [0.15, 0.2) is 5.11 Å². The minimum absolute atomic E-state index is 0.169. The van der Waals surface area contributed by atoms with E-state index in [9.17, 15) is 0 Å². The highest BCUT2D eigenvalue weighted by Crippen LogP contribution is 2.25. The van der Waals surface area contributed by atoms with Crippen LogP contribution in [-0.4, -0.2) is 6.04 Å². The van der Waals surface area contributed by atoms with Crippen molar-refractivity contribution in [2.45, 2.75) is 124 Å². The summed E-state index contributed by atoms with van der Waals surface area (Å²) in [7, 11) is 0. The Labute approximate surface area is 151 Å². The van der Waals surface area contributed by atoms with Gasteiger partial charge in [0.05, 0.1) is 0 Å². The molecular weight excluding hydrogens is 294 g/mol. The molecule has 142 valence electrons. The molecule has 0 rings (SSSR count). The van der Waals surface area contributed by atoms with Crippen molar-refractivity contribution in [1.82, 2.24) is 0 Å². The molecule has 3 atom stereocenters. The molecule has 24 heavy (non-hydrogen) atoms. The van der Waals surface area contributed by atoms with Crippen molar-refractivity contribution in [3.05, 3.63) is 10.4 Å². The average Bonchev–Trinajstić information content (AvgIpc) is 2.59. The molecule has 0 saturated carbocycles. The summed E-state index contributed by atoms with van der Waals surface area (Å²) < 4.78 is 0. The van der Waals surface area contributed by atoms with Crippen molar-refractivity contribution in [3.63, 3.8) is 0 Å². The molecule has 0 aromatic heterocycles. The maximum absolute atomic E-state index is 8.65. The number of nitrogens with zero attached hydrogens (tertiary/aromatic N) is 3. The lowest BCUT2D eigenvalue weighted by atomic mass is 9.84. The third kappa shape index (κ3) is 12.7. The number of hydrogen-bond donors (Lipinski definition) is 0. The molecule has 0 aliphatic heterocycles. The van der Waals surface area contributed by atoms with Gasteiger partial charge in [-0.2, -0.15) is 0 Å². The first-order valence-electron chi connectivity index (χ1n) is 10.7. The van der Waals surface area contributed by atoms with Gasteiger partial charge in [-0.15, -0.1) is 0 Å². The molecule has 0 aromatic rings. The third-order valence-electron chi connectivity index (χ3n) is 5.64. The van der Waals surface area contributed by atoms with Crippen LogP contribution in [0.3, 0.4) is 0 Å². The molecule has 0 bridgehead atoms. The van der Waals surface area contributed by atoms with Gasteiger partial charge in [-0.3, -0.25) is 0 Å². The van der Waals surface area contributed by atoms with E-state index in [1.165, 1.54) is 83.5 Å². The molecule has 0 aliphatic rings. The Morgan fingerprint density at radius 1 is 0.750 bits per heavy atom. The van der Waals surface area contributed by atoms with Crippen molar-refractivity contribution in [2.75, 3.05) is 0 Å². The van der Waals surface area contributed by atoms with E-state index in [0.29, 0.717) is 11.8 Å². The quantitative estimate of drug-likeness (QED) is 0.111. The smallest absolute Gasteiger partial charge is 0.0399 e. The lowest BCUT2D eigenvalue weighted by Gasteiger charge is -2.24. The van der Waals surface area contributed by atoms with E-state index in [-0.39, 0.29) is 6.04 Å².